The minimum atomic E-state index is -0.550. The third-order valence-corrected chi connectivity index (χ3v) is 11.6. The average molecular weight is 682 g/mol. The molecule has 2 fully saturated rings. The molecular weight excluding hydrogens is 646 g/mol. The highest BCUT2D eigenvalue weighted by molar-refractivity contribution is 7.14. The second-order valence-corrected chi connectivity index (χ2v) is 14.2. The molecule has 4 aliphatic rings. The number of nitrogens with zero attached hydrogens (tertiary/aromatic N) is 7. The van der Waals surface area contributed by atoms with Crippen molar-refractivity contribution in [2.24, 2.45) is 0 Å². The molecular formula is C35H36FN9O3S. The lowest BCUT2D eigenvalue weighted by molar-refractivity contribution is -0.0660. The highest BCUT2D eigenvalue weighted by atomic mass is 32.1. The monoisotopic (exact) mass is 681 g/mol. The Kier molecular flexibility index (Phi) is 7.75. The molecule has 0 bridgehead atoms. The van der Waals surface area contributed by atoms with Crippen LogP contribution in [0.3, 0.4) is 0 Å². The van der Waals surface area contributed by atoms with Crippen LogP contribution in [0.2, 0.25) is 0 Å². The van der Waals surface area contributed by atoms with Crippen LogP contribution in [-0.2, 0) is 30.6 Å². The van der Waals surface area contributed by atoms with Crippen molar-refractivity contribution in [1.29, 1.82) is 0 Å². The summed E-state index contributed by atoms with van der Waals surface area (Å²) >= 11 is 1.57. The van der Waals surface area contributed by atoms with E-state index in [0.717, 1.165) is 81.2 Å². The Balaban J connectivity index is 1.01. The molecule has 5 aromatic rings. The smallest absolute Gasteiger partial charge is 0.268 e. The number of aromatic nitrogens is 5. The van der Waals surface area contributed by atoms with Crippen molar-refractivity contribution < 1.29 is 19.0 Å². The number of hydrogen-bond acceptors (Lipinski definition) is 11. The number of fused-ring (bicyclic) bond motifs is 4. The number of aliphatic hydroxyl groups is 1. The second kappa shape index (κ2) is 12.4. The van der Waals surface area contributed by atoms with Gasteiger partial charge in [-0.2, -0.15) is 0 Å². The van der Waals surface area contributed by atoms with Crippen molar-refractivity contribution >= 4 is 51.4 Å². The predicted octanol–water partition coefficient (Wildman–Crippen LogP) is 4.45. The minimum absolute atomic E-state index is 0.151. The van der Waals surface area contributed by atoms with Gasteiger partial charge in [-0.05, 0) is 67.5 Å². The van der Waals surface area contributed by atoms with Crippen LogP contribution in [0.25, 0.3) is 22.6 Å². The molecule has 12 nitrogen and oxygen atoms in total. The number of benzene rings is 1. The molecule has 14 heteroatoms. The lowest BCUT2D eigenvalue weighted by Crippen LogP contribution is -2.56. The first-order valence-electron chi connectivity index (χ1n) is 16.9. The fourth-order valence-electron chi connectivity index (χ4n) is 7.57. The molecule has 0 spiro atoms. The molecule has 7 heterocycles. The van der Waals surface area contributed by atoms with E-state index < -0.39 is 12.4 Å². The molecule has 4 aromatic heterocycles. The number of piperazine rings is 1. The predicted molar refractivity (Wildman–Crippen MR) is 185 cm³/mol. The number of hydrogen-bond donors (Lipinski definition) is 3. The minimum Gasteiger partial charge on any atom is -0.392 e. The van der Waals surface area contributed by atoms with Gasteiger partial charge in [0.15, 0.2) is 17.3 Å². The first kappa shape index (κ1) is 30.6. The molecule has 1 amide bonds. The molecule has 252 valence electrons. The number of aliphatic hydroxyl groups excluding tert-OH is 1. The molecule has 0 unspecified atom stereocenters. The number of aromatic amines is 1. The van der Waals surface area contributed by atoms with Crippen LogP contribution in [0.1, 0.15) is 44.1 Å². The van der Waals surface area contributed by atoms with Gasteiger partial charge in [-0.15, -0.1) is 11.3 Å². The number of rotatable bonds is 7. The number of carbonyl (C=O) groups excluding carboxylic acids is 1. The number of imidazole rings is 1. The number of amides is 1. The zero-order chi connectivity index (χ0) is 33.1. The first-order valence-corrected chi connectivity index (χ1v) is 17.8. The van der Waals surface area contributed by atoms with Gasteiger partial charge in [0.1, 0.15) is 17.2 Å². The van der Waals surface area contributed by atoms with E-state index in [-0.39, 0.29) is 11.7 Å². The van der Waals surface area contributed by atoms with E-state index in [0.29, 0.717) is 58.6 Å². The average Bonchev–Trinajstić information content (AvgIpc) is 3.74. The van der Waals surface area contributed by atoms with Gasteiger partial charge in [0.25, 0.3) is 5.91 Å². The summed E-state index contributed by atoms with van der Waals surface area (Å²) in [6.45, 7) is 5.48. The summed E-state index contributed by atoms with van der Waals surface area (Å²) in [4.78, 5) is 43.9. The van der Waals surface area contributed by atoms with Crippen LogP contribution in [-0.4, -0.2) is 92.8 Å². The highest BCUT2D eigenvalue weighted by Gasteiger charge is 2.34. The summed E-state index contributed by atoms with van der Waals surface area (Å²) in [6.07, 6.45) is 8.37. The van der Waals surface area contributed by atoms with Gasteiger partial charge >= 0.3 is 0 Å². The number of pyridine rings is 1. The molecule has 0 saturated carbocycles. The molecule has 0 atom stereocenters. The summed E-state index contributed by atoms with van der Waals surface area (Å²) in [5, 5.41) is 14.0. The second-order valence-electron chi connectivity index (χ2n) is 13.1. The van der Waals surface area contributed by atoms with Crippen molar-refractivity contribution in [2.45, 2.75) is 44.8 Å². The zero-order valence-electron chi connectivity index (χ0n) is 26.9. The van der Waals surface area contributed by atoms with Crippen LogP contribution in [0.4, 0.5) is 27.4 Å². The number of ether oxygens (including phenoxy) is 1. The van der Waals surface area contributed by atoms with E-state index in [1.807, 2.05) is 18.3 Å². The van der Waals surface area contributed by atoms with E-state index in [9.17, 15) is 9.90 Å². The van der Waals surface area contributed by atoms with Gasteiger partial charge in [0.2, 0.25) is 0 Å². The molecule has 1 aliphatic carbocycles. The maximum absolute atomic E-state index is 15.4. The summed E-state index contributed by atoms with van der Waals surface area (Å²) in [5.41, 5.74) is 5.48. The summed E-state index contributed by atoms with van der Waals surface area (Å²) in [5.74, 6) is 0.458. The Morgan fingerprint density at radius 2 is 1.88 bits per heavy atom. The number of anilines is 4. The van der Waals surface area contributed by atoms with Crippen LogP contribution < -0.4 is 15.1 Å². The number of halogens is 1. The van der Waals surface area contributed by atoms with Gasteiger partial charge in [0.05, 0.1) is 54.6 Å². The summed E-state index contributed by atoms with van der Waals surface area (Å²) in [6, 6.07) is 7.12. The Labute approximate surface area is 286 Å². The third-order valence-electron chi connectivity index (χ3n) is 10.3. The number of aryl methyl sites for hydroxylation is 1. The standard InChI is InChI=1S/C35H36FN9O3S/c36-20-13-25(26(16-46)27(14-20)45-8-7-24-23-3-1-2-4-28(23)49-31(24)35(45)47)32-41-33-30(38-19-39-33)34(42-32)40-29-6-5-21(15-37-29)43-9-11-44(12-10-43)22-17-48-18-22/h5-6,13-15,19,22,46H,1-4,7-12,16-18H2,(H2,37,38,39,40,41,42). The van der Waals surface area contributed by atoms with Gasteiger partial charge < -0.3 is 29.9 Å². The number of nitrogens with one attached hydrogen (secondary N) is 2. The van der Waals surface area contributed by atoms with E-state index in [2.05, 4.69) is 35.1 Å². The lowest BCUT2D eigenvalue weighted by Gasteiger charge is -2.43. The molecule has 3 aliphatic heterocycles. The topological polar surface area (TPSA) is 136 Å². The Bertz CT molecular complexity index is 2050. The quantitative estimate of drug-likeness (QED) is 0.226. The van der Waals surface area contributed by atoms with Crippen LogP contribution in [0.5, 0.6) is 0 Å². The van der Waals surface area contributed by atoms with Gasteiger partial charge in [0, 0.05) is 48.7 Å². The van der Waals surface area contributed by atoms with Crippen molar-refractivity contribution in [3.63, 3.8) is 0 Å². The van der Waals surface area contributed by atoms with E-state index in [1.165, 1.54) is 28.9 Å². The van der Waals surface area contributed by atoms with Crippen LogP contribution in [0.15, 0.2) is 36.8 Å². The van der Waals surface area contributed by atoms with Crippen molar-refractivity contribution in [1.82, 2.24) is 29.8 Å². The SMILES string of the molecule is O=C1c2sc3c(c2CCN1c1cc(F)cc(-c2nc(Nc4ccc(N5CCN(C6COC6)CC5)cn4)c4[nH]cnc4n2)c1CO)CCCC3. The first-order chi connectivity index (χ1) is 24.0. The largest absolute Gasteiger partial charge is 0.392 e. The van der Waals surface area contributed by atoms with Crippen molar-refractivity contribution in [3.8, 4) is 11.4 Å². The normalized spacial score (nSPS) is 18.4. The maximum atomic E-state index is 15.4. The van der Waals surface area contributed by atoms with Gasteiger partial charge in [-0.3, -0.25) is 9.69 Å². The Morgan fingerprint density at radius 3 is 2.65 bits per heavy atom. The van der Waals surface area contributed by atoms with Crippen molar-refractivity contribution in [2.75, 3.05) is 61.1 Å². The Hall–Kier alpha value is -4.50. The van der Waals surface area contributed by atoms with E-state index in [1.54, 1.807) is 16.2 Å². The fraction of sp³-hybridized carbons (Fsp3) is 0.400. The Morgan fingerprint density at radius 1 is 1.02 bits per heavy atom. The molecule has 1 aromatic carbocycles. The third kappa shape index (κ3) is 5.43. The van der Waals surface area contributed by atoms with Crippen molar-refractivity contribution in [3.05, 3.63) is 69.1 Å². The van der Waals surface area contributed by atoms with Gasteiger partial charge in [-0.25, -0.2) is 24.3 Å². The highest BCUT2D eigenvalue weighted by Crippen LogP contribution is 2.41. The van der Waals surface area contributed by atoms with Crippen LogP contribution >= 0.6 is 11.3 Å². The molecule has 3 N–H and O–H groups in total. The lowest BCUT2D eigenvalue weighted by atomic mass is 9.91. The fourth-order valence-corrected chi connectivity index (χ4v) is 8.95. The molecule has 0 radical (unpaired) electrons. The summed E-state index contributed by atoms with van der Waals surface area (Å²) < 4.78 is 20.8. The zero-order valence-corrected chi connectivity index (χ0v) is 27.7. The molecule has 49 heavy (non-hydrogen) atoms. The van der Waals surface area contributed by atoms with E-state index in [4.69, 9.17) is 9.72 Å². The molecule has 9 rings (SSSR count). The number of thiophene rings is 1. The maximum Gasteiger partial charge on any atom is 0.268 e. The van der Waals surface area contributed by atoms with Gasteiger partial charge in [-0.1, -0.05) is 0 Å². The summed E-state index contributed by atoms with van der Waals surface area (Å²) in [7, 11) is 0. The number of H-pyrrole nitrogens is 1. The van der Waals surface area contributed by atoms with E-state index >= 15 is 4.39 Å². The molecule has 2 saturated heterocycles. The number of carbonyl (C=O) groups is 1. The van der Waals surface area contributed by atoms with Crippen LogP contribution in [0, 0.1) is 5.82 Å².